The van der Waals surface area contributed by atoms with Gasteiger partial charge in [-0.1, -0.05) is 13.0 Å². The van der Waals surface area contributed by atoms with Gasteiger partial charge >= 0.3 is 0 Å². The van der Waals surface area contributed by atoms with Gasteiger partial charge in [-0.15, -0.1) is 0 Å². The lowest BCUT2D eigenvalue weighted by atomic mass is 10.1. The lowest BCUT2D eigenvalue weighted by Gasteiger charge is -2.10. The first-order valence-electron chi connectivity index (χ1n) is 7.92. The van der Waals surface area contributed by atoms with Gasteiger partial charge in [0.05, 0.1) is 23.3 Å². The summed E-state index contributed by atoms with van der Waals surface area (Å²) in [6.45, 7) is 3.82. The zero-order valence-corrected chi connectivity index (χ0v) is 13.7. The monoisotopic (exact) mass is 321 g/mol. The van der Waals surface area contributed by atoms with Crippen molar-refractivity contribution in [2.24, 2.45) is 0 Å². The number of benzene rings is 1. The normalized spacial score (nSPS) is 11.8. The quantitative estimate of drug-likeness (QED) is 0.536. The van der Waals surface area contributed by atoms with E-state index < -0.39 is 0 Å². The van der Waals surface area contributed by atoms with Gasteiger partial charge in [-0.3, -0.25) is 10.00 Å². The van der Waals surface area contributed by atoms with E-state index in [2.05, 4.69) is 44.0 Å². The number of H-pyrrole nitrogens is 2. The SMILES string of the molecule is CCN(C)Cc1nc2c(N)nc3cc(-c4cc[nH]n4)ccc3c2[nH]1. The first-order chi connectivity index (χ1) is 11.7. The second-order valence-corrected chi connectivity index (χ2v) is 5.93. The highest BCUT2D eigenvalue weighted by atomic mass is 15.1. The molecule has 0 fully saturated rings. The zero-order valence-electron chi connectivity index (χ0n) is 13.7. The van der Waals surface area contributed by atoms with Gasteiger partial charge in [-0.25, -0.2) is 9.97 Å². The van der Waals surface area contributed by atoms with E-state index in [0.29, 0.717) is 5.82 Å². The molecule has 0 amide bonds. The highest BCUT2D eigenvalue weighted by molar-refractivity contribution is 6.06. The maximum Gasteiger partial charge on any atom is 0.152 e. The fourth-order valence-electron chi connectivity index (χ4n) is 2.84. The molecule has 7 nitrogen and oxygen atoms in total. The van der Waals surface area contributed by atoms with Crippen LogP contribution in [0.25, 0.3) is 33.2 Å². The number of rotatable bonds is 4. The lowest BCUT2D eigenvalue weighted by molar-refractivity contribution is 0.338. The molecule has 24 heavy (non-hydrogen) atoms. The summed E-state index contributed by atoms with van der Waals surface area (Å²) < 4.78 is 0. The summed E-state index contributed by atoms with van der Waals surface area (Å²) in [6.07, 6.45) is 1.80. The van der Waals surface area contributed by atoms with Crippen molar-refractivity contribution in [3.63, 3.8) is 0 Å². The van der Waals surface area contributed by atoms with Crippen LogP contribution in [-0.2, 0) is 6.54 Å². The summed E-state index contributed by atoms with van der Waals surface area (Å²) >= 11 is 0. The molecule has 0 bridgehead atoms. The van der Waals surface area contributed by atoms with Gasteiger partial charge in [0, 0.05) is 17.1 Å². The molecule has 1 aromatic carbocycles. The summed E-state index contributed by atoms with van der Waals surface area (Å²) in [4.78, 5) is 14.7. The lowest BCUT2D eigenvalue weighted by Crippen LogP contribution is -2.17. The number of nitrogens with two attached hydrogens (primary N) is 1. The minimum Gasteiger partial charge on any atom is -0.382 e. The van der Waals surface area contributed by atoms with Gasteiger partial charge in [0.15, 0.2) is 5.82 Å². The number of aromatic amines is 2. The summed E-state index contributed by atoms with van der Waals surface area (Å²) in [5.41, 5.74) is 10.5. The third kappa shape index (κ3) is 2.39. The molecule has 0 radical (unpaired) electrons. The molecule has 0 spiro atoms. The molecule has 4 N–H and O–H groups in total. The maximum absolute atomic E-state index is 6.14. The van der Waals surface area contributed by atoms with E-state index in [0.717, 1.165) is 52.1 Å². The van der Waals surface area contributed by atoms with E-state index in [4.69, 9.17) is 5.73 Å². The van der Waals surface area contributed by atoms with Crippen LogP contribution in [0.1, 0.15) is 12.7 Å². The Morgan fingerprint density at radius 3 is 2.83 bits per heavy atom. The molecule has 3 heterocycles. The van der Waals surface area contributed by atoms with Crippen LogP contribution >= 0.6 is 0 Å². The molecule has 0 unspecified atom stereocenters. The zero-order chi connectivity index (χ0) is 16.7. The maximum atomic E-state index is 6.14. The molecular formula is C17H19N7. The summed E-state index contributed by atoms with van der Waals surface area (Å²) in [6, 6.07) is 8.01. The topological polar surface area (TPSA) is 99.5 Å². The number of aromatic nitrogens is 5. The third-order valence-electron chi connectivity index (χ3n) is 4.26. The summed E-state index contributed by atoms with van der Waals surface area (Å²) in [7, 11) is 2.06. The van der Waals surface area contributed by atoms with Crippen LogP contribution in [0.15, 0.2) is 30.5 Å². The minimum absolute atomic E-state index is 0.443. The predicted molar refractivity (Wildman–Crippen MR) is 95.4 cm³/mol. The van der Waals surface area contributed by atoms with E-state index in [-0.39, 0.29) is 0 Å². The average molecular weight is 321 g/mol. The number of nitrogens with zero attached hydrogens (tertiary/aromatic N) is 4. The van der Waals surface area contributed by atoms with E-state index in [1.807, 2.05) is 24.3 Å². The van der Waals surface area contributed by atoms with E-state index in [1.165, 1.54) is 0 Å². The van der Waals surface area contributed by atoms with Crippen molar-refractivity contribution in [3.8, 4) is 11.3 Å². The Labute approximate surface area is 138 Å². The fourth-order valence-corrected chi connectivity index (χ4v) is 2.84. The van der Waals surface area contributed by atoms with Crippen LogP contribution < -0.4 is 5.73 Å². The Bertz CT molecular complexity index is 1000. The molecule has 0 aliphatic rings. The second kappa shape index (κ2) is 5.61. The molecule has 3 aromatic heterocycles. The number of pyridine rings is 1. The van der Waals surface area contributed by atoms with Crippen LogP contribution in [0.2, 0.25) is 0 Å². The van der Waals surface area contributed by atoms with Crippen molar-refractivity contribution in [1.82, 2.24) is 30.0 Å². The third-order valence-corrected chi connectivity index (χ3v) is 4.26. The Kier molecular flexibility index (Phi) is 3.42. The fraction of sp³-hybridized carbons (Fsp3) is 0.235. The van der Waals surface area contributed by atoms with Gasteiger partial charge in [-0.2, -0.15) is 5.10 Å². The molecule has 0 saturated carbocycles. The van der Waals surface area contributed by atoms with Gasteiger partial charge in [0.2, 0.25) is 0 Å². The van der Waals surface area contributed by atoms with Crippen molar-refractivity contribution >= 4 is 27.8 Å². The van der Waals surface area contributed by atoms with Gasteiger partial charge in [0.1, 0.15) is 11.3 Å². The van der Waals surface area contributed by atoms with E-state index in [1.54, 1.807) is 6.20 Å². The smallest absolute Gasteiger partial charge is 0.152 e. The van der Waals surface area contributed by atoms with Crippen molar-refractivity contribution in [1.29, 1.82) is 0 Å². The average Bonchev–Trinajstić information content (AvgIpc) is 3.24. The molecule has 0 atom stereocenters. The number of hydrogen-bond donors (Lipinski definition) is 3. The molecule has 0 saturated heterocycles. The number of nitrogen functional groups attached to an aromatic ring is 1. The first kappa shape index (κ1) is 14.6. The Balaban J connectivity index is 1.87. The van der Waals surface area contributed by atoms with Crippen molar-refractivity contribution in [3.05, 3.63) is 36.3 Å². The van der Waals surface area contributed by atoms with Crippen molar-refractivity contribution in [2.45, 2.75) is 13.5 Å². The van der Waals surface area contributed by atoms with Gasteiger partial charge in [-0.05, 0) is 31.8 Å². The number of hydrogen-bond acceptors (Lipinski definition) is 5. The van der Waals surface area contributed by atoms with Crippen molar-refractivity contribution < 1.29 is 0 Å². The van der Waals surface area contributed by atoms with Crippen molar-refractivity contribution in [2.75, 3.05) is 19.3 Å². The number of anilines is 1. The Morgan fingerprint density at radius 2 is 2.08 bits per heavy atom. The molecule has 0 aliphatic carbocycles. The molecular weight excluding hydrogens is 302 g/mol. The van der Waals surface area contributed by atoms with Gasteiger partial charge in [0.25, 0.3) is 0 Å². The second-order valence-electron chi connectivity index (χ2n) is 5.93. The predicted octanol–water partition coefficient (Wildman–Crippen LogP) is 2.54. The molecule has 0 aliphatic heterocycles. The van der Waals surface area contributed by atoms with E-state index in [9.17, 15) is 0 Å². The van der Waals surface area contributed by atoms with Crippen LogP contribution in [-0.4, -0.2) is 43.6 Å². The van der Waals surface area contributed by atoms with Gasteiger partial charge < -0.3 is 10.7 Å². The van der Waals surface area contributed by atoms with E-state index >= 15 is 0 Å². The Hall–Kier alpha value is -2.93. The Morgan fingerprint density at radius 1 is 1.21 bits per heavy atom. The van der Waals surface area contributed by atoms with Crippen LogP contribution in [0, 0.1) is 0 Å². The minimum atomic E-state index is 0.443. The molecule has 122 valence electrons. The molecule has 4 aromatic rings. The number of imidazole rings is 1. The summed E-state index contributed by atoms with van der Waals surface area (Å²) in [5.74, 6) is 1.34. The highest BCUT2D eigenvalue weighted by Crippen LogP contribution is 2.29. The standard InChI is InChI=1S/C17H19N7/c1-3-24(2)9-14-21-15-11-5-4-10(12-6-7-19-23-12)8-13(11)20-17(18)16(15)22-14/h4-8H,3,9H2,1-2H3,(H2,18,20)(H,19,23)(H,21,22). The molecule has 4 rings (SSSR count). The first-order valence-corrected chi connectivity index (χ1v) is 7.92. The van der Waals surface area contributed by atoms with Crippen LogP contribution in [0.5, 0.6) is 0 Å². The van der Waals surface area contributed by atoms with Crippen LogP contribution in [0.3, 0.4) is 0 Å². The largest absolute Gasteiger partial charge is 0.382 e. The number of nitrogens with one attached hydrogen (secondary N) is 2. The molecule has 7 heteroatoms. The number of fused-ring (bicyclic) bond motifs is 3. The highest BCUT2D eigenvalue weighted by Gasteiger charge is 2.13. The summed E-state index contributed by atoms with van der Waals surface area (Å²) in [5, 5.41) is 8.05. The van der Waals surface area contributed by atoms with Crippen LogP contribution in [0.4, 0.5) is 5.82 Å².